The van der Waals surface area contributed by atoms with Gasteiger partial charge in [0.1, 0.15) is 36.8 Å². The van der Waals surface area contributed by atoms with Gasteiger partial charge in [-0.2, -0.15) is 8.42 Å². The van der Waals surface area contributed by atoms with Crippen molar-refractivity contribution >= 4 is 22.1 Å². The maximum Gasteiger partial charge on any atom is 0.306 e. The van der Waals surface area contributed by atoms with Crippen LogP contribution in [0.1, 0.15) is 239 Å². The number of hydrogen-bond acceptors (Lipinski definition) is 11. The molecule has 12 nitrogen and oxygen atoms in total. The van der Waals surface area contributed by atoms with Crippen LogP contribution in [0.5, 0.6) is 0 Å². The van der Waals surface area contributed by atoms with Crippen molar-refractivity contribution in [2.75, 3.05) is 19.0 Å². The molecule has 0 spiro atoms. The molecular formula is C48H92O12S. The van der Waals surface area contributed by atoms with Gasteiger partial charge < -0.3 is 34.3 Å². The van der Waals surface area contributed by atoms with Crippen LogP contribution in [0.2, 0.25) is 0 Å². The van der Waals surface area contributed by atoms with E-state index in [9.17, 15) is 37.9 Å². The number of carbonyl (C=O) groups is 2. The van der Waals surface area contributed by atoms with Crippen molar-refractivity contribution in [3.63, 3.8) is 0 Å². The van der Waals surface area contributed by atoms with E-state index in [4.69, 9.17) is 18.9 Å². The van der Waals surface area contributed by atoms with Gasteiger partial charge in [-0.25, -0.2) is 0 Å². The molecule has 1 saturated heterocycles. The molecule has 362 valence electrons. The fraction of sp³-hybridized carbons (Fsp3) is 0.958. The molecule has 0 aromatic heterocycles. The molecule has 1 heterocycles. The standard InChI is InChI=1S/C48H92O12S/c1-3-5-7-9-11-13-15-17-19-20-21-23-25-27-29-31-33-35-37-44(50)59-41(39-58-48-47(53)46(52)45(51)42(60-48)40-61(54,55)56)38-57-43(49)36-34-32-30-28-26-24-22-18-16-14-12-10-8-6-4-2/h41-42,45-48,51-53H,3-40H2,1-2H3,(H,54,55,56). The highest BCUT2D eigenvalue weighted by molar-refractivity contribution is 7.85. The molecular weight excluding hydrogens is 801 g/mol. The highest BCUT2D eigenvalue weighted by Crippen LogP contribution is 2.24. The molecule has 1 rings (SSSR count). The lowest BCUT2D eigenvalue weighted by Gasteiger charge is -2.40. The average molecular weight is 893 g/mol. The van der Waals surface area contributed by atoms with Crippen molar-refractivity contribution in [2.24, 2.45) is 0 Å². The number of hydrogen-bond donors (Lipinski definition) is 4. The van der Waals surface area contributed by atoms with Crippen LogP contribution in [-0.4, -0.2) is 96.0 Å². The normalized spacial score (nSPS) is 19.9. The van der Waals surface area contributed by atoms with Crippen molar-refractivity contribution in [1.29, 1.82) is 0 Å². The van der Waals surface area contributed by atoms with Crippen molar-refractivity contribution in [3.05, 3.63) is 0 Å². The number of aliphatic hydroxyl groups excluding tert-OH is 3. The SMILES string of the molecule is CCCCCCCCCCCCCCCCCCCCC(=O)OC(COC(=O)CCCCCCCCCCCCCCCCC)COC1OC(CS(=O)(=O)O)C(O)C(O)C1O. The maximum atomic E-state index is 12.9. The van der Waals surface area contributed by atoms with Gasteiger partial charge in [-0.3, -0.25) is 14.1 Å². The summed E-state index contributed by atoms with van der Waals surface area (Å²) in [4.78, 5) is 25.5. The minimum atomic E-state index is -4.60. The first kappa shape index (κ1) is 57.7. The summed E-state index contributed by atoms with van der Waals surface area (Å²) in [5.74, 6) is -1.96. The Balaban J connectivity index is 2.37. The predicted octanol–water partition coefficient (Wildman–Crippen LogP) is 10.8. The summed E-state index contributed by atoms with van der Waals surface area (Å²) in [6.45, 7) is 3.80. The van der Waals surface area contributed by atoms with Crippen LogP contribution in [0.15, 0.2) is 0 Å². The van der Waals surface area contributed by atoms with Crippen LogP contribution < -0.4 is 0 Å². The van der Waals surface area contributed by atoms with Crippen LogP contribution >= 0.6 is 0 Å². The van der Waals surface area contributed by atoms with E-state index >= 15 is 0 Å². The summed E-state index contributed by atoms with van der Waals surface area (Å²) in [6.07, 6.45) is 31.4. The highest BCUT2D eigenvalue weighted by Gasteiger charge is 2.46. The molecule has 4 N–H and O–H groups in total. The first-order chi connectivity index (χ1) is 29.5. The Bertz CT molecular complexity index is 1140. The molecule has 61 heavy (non-hydrogen) atoms. The monoisotopic (exact) mass is 893 g/mol. The molecule has 0 aromatic carbocycles. The highest BCUT2D eigenvalue weighted by atomic mass is 32.2. The largest absolute Gasteiger partial charge is 0.462 e. The Kier molecular flexibility index (Phi) is 36.9. The fourth-order valence-corrected chi connectivity index (χ4v) is 8.72. The number of rotatable bonds is 43. The molecule has 6 unspecified atom stereocenters. The summed E-state index contributed by atoms with van der Waals surface area (Å²) < 4.78 is 54.2. The minimum absolute atomic E-state index is 0.173. The lowest BCUT2D eigenvalue weighted by atomic mass is 10.00. The molecule has 0 bridgehead atoms. The molecule has 6 atom stereocenters. The van der Waals surface area contributed by atoms with E-state index in [0.29, 0.717) is 12.8 Å². The molecule has 1 fully saturated rings. The summed E-state index contributed by atoms with van der Waals surface area (Å²) in [7, 11) is -4.60. The number of esters is 2. The molecule has 1 aliphatic heterocycles. The van der Waals surface area contributed by atoms with Crippen molar-refractivity contribution in [1.82, 2.24) is 0 Å². The third kappa shape index (κ3) is 33.8. The summed E-state index contributed by atoms with van der Waals surface area (Å²) in [5.41, 5.74) is 0. The number of unbranched alkanes of at least 4 members (excludes halogenated alkanes) is 31. The fourth-order valence-electron chi connectivity index (χ4n) is 8.03. The molecule has 0 saturated carbocycles. The molecule has 13 heteroatoms. The molecule has 0 aromatic rings. The summed E-state index contributed by atoms with van der Waals surface area (Å²) >= 11 is 0. The van der Waals surface area contributed by atoms with Crippen LogP contribution in [-0.2, 0) is 38.7 Å². The van der Waals surface area contributed by atoms with Gasteiger partial charge in [-0.15, -0.1) is 0 Å². The Morgan fingerprint density at radius 3 is 1.20 bits per heavy atom. The third-order valence-corrected chi connectivity index (χ3v) is 12.7. The van der Waals surface area contributed by atoms with Crippen LogP contribution in [0.3, 0.4) is 0 Å². The number of ether oxygens (including phenoxy) is 4. The van der Waals surface area contributed by atoms with Crippen LogP contribution in [0, 0.1) is 0 Å². The van der Waals surface area contributed by atoms with E-state index in [0.717, 1.165) is 38.5 Å². The summed E-state index contributed by atoms with van der Waals surface area (Å²) in [6, 6.07) is 0. The minimum Gasteiger partial charge on any atom is -0.462 e. The quantitative estimate of drug-likeness (QED) is 0.0258. The van der Waals surface area contributed by atoms with Gasteiger partial charge in [-0.05, 0) is 12.8 Å². The molecule has 1 aliphatic rings. The van der Waals surface area contributed by atoms with E-state index < -0.39 is 71.2 Å². The van der Waals surface area contributed by atoms with Gasteiger partial charge in [-0.1, -0.05) is 213 Å². The van der Waals surface area contributed by atoms with E-state index in [1.54, 1.807) is 0 Å². The van der Waals surface area contributed by atoms with E-state index in [2.05, 4.69) is 13.8 Å². The predicted molar refractivity (Wildman–Crippen MR) is 243 cm³/mol. The number of aliphatic hydroxyl groups is 3. The van der Waals surface area contributed by atoms with Gasteiger partial charge >= 0.3 is 11.9 Å². The van der Waals surface area contributed by atoms with Gasteiger partial charge in [0.25, 0.3) is 10.1 Å². The Labute approximate surface area is 372 Å². The van der Waals surface area contributed by atoms with Crippen LogP contribution in [0.25, 0.3) is 0 Å². The lowest BCUT2D eigenvalue weighted by Crippen LogP contribution is -2.60. The second-order valence-corrected chi connectivity index (χ2v) is 19.3. The van der Waals surface area contributed by atoms with Crippen molar-refractivity contribution in [2.45, 2.75) is 275 Å². The Morgan fingerprint density at radius 2 is 0.836 bits per heavy atom. The van der Waals surface area contributed by atoms with Gasteiger partial charge in [0, 0.05) is 12.8 Å². The summed E-state index contributed by atoms with van der Waals surface area (Å²) in [5, 5.41) is 30.9. The Morgan fingerprint density at radius 1 is 0.492 bits per heavy atom. The van der Waals surface area contributed by atoms with E-state index in [1.165, 1.54) is 161 Å². The molecule has 0 amide bonds. The molecule has 0 aliphatic carbocycles. The van der Waals surface area contributed by atoms with Gasteiger partial charge in [0.05, 0.1) is 6.61 Å². The smallest absolute Gasteiger partial charge is 0.306 e. The third-order valence-electron chi connectivity index (χ3n) is 11.9. The average Bonchev–Trinajstić information content (AvgIpc) is 3.22. The van der Waals surface area contributed by atoms with Crippen molar-refractivity contribution in [3.8, 4) is 0 Å². The van der Waals surface area contributed by atoms with Crippen LogP contribution in [0.4, 0.5) is 0 Å². The first-order valence-corrected chi connectivity index (χ1v) is 26.7. The topological polar surface area (TPSA) is 186 Å². The maximum absolute atomic E-state index is 12.9. The zero-order chi connectivity index (χ0) is 44.8. The van der Waals surface area contributed by atoms with E-state index in [1.807, 2.05) is 0 Å². The zero-order valence-corrected chi connectivity index (χ0v) is 39.6. The second-order valence-electron chi connectivity index (χ2n) is 17.9. The van der Waals surface area contributed by atoms with Gasteiger partial charge in [0.2, 0.25) is 0 Å². The van der Waals surface area contributed by atoms with E-state index in [-0.39, 0.29) is 19.4 Å². The van der Waals surface area contributed by atoms with Gasteiger partial charge in [0.15, 0.2) is 12.4 Å². The second kappa shape index (κ2) is 39.1. The number of carbonyl (C=O) groups excluding carboxylic acids is 2. The first-order valence-electron chi connectivity index (χ1n) is 25.1. The zero-order valence-electron chi connectivity index (χ0n) is 38.8. The Hall–Kier alpha value is -1.35. The molecule has 0 radical (unpaired) electrons. The van der Waals surface area contributed by atoms with Crippen molar-refractivity contribution < 1.29 is 56.8 Å². The lowest BCUT2D eigenvalue weighted by molar-refractivity contribution is -0.297.